The molecule has 0 saturated heterocycles. The zero-order valence-electron chi connectivity index (χ0n) is 15.9. The first-order valence-corrected chi connectivity index (χ1v) is 9.12. The molecule has 3 aromatic rings. The molecule has 0 saturated carbocycles. The first-order valence-electron chi connectivity index (χ1n) is 9.12. The summed E-state index contributed by atoms with van der Waals surface area (Å²) in [5.74, 6) is 1.68. The Labute approximate surface area is 159 Å². The van der Waals surface area contributed by atoms with Crippen molar-refractivity contribution >= 4 is 16.9 Å². The fourth-order valence-corrected chi connectivity index (χ4v) is 2.96. The number of fused-ring (bicyclic) bond motifs is 1. The Morgan fingerprint density at radius 2 is 2.04 bits per heavy atom. The van der Waals surface area contributed by atoms with Crippen LogP contribution < -0.4 is 10.1 Å². The number of aryl methyl sites for hydroxylation is 1. The number of para-hydroxylation sites is 2. The first kappa shape index (κ1) is 18.7. The molecule has 3 rings (SSSR count). The normalized spacial score (nSPS) is 10.7. The number of hydrogen-bond acceptors (Lipinski definition) is 3. The summed E-state index contributed by atoms with van der Waals surface area (Å²) in [6, 6.07) is 16.1. The molecule has 1 aromatic heterocycles. The lowest BCUT2D eigenvalue weighted by atomic mass is 10.2. The molecule has 27 heavy (non-hydrogen) atoms. The van der Waals surface area contributed by atoms with E-state index in [9.17, 15) is 4.79 Å². The quantitative estimate of drug-likeness (QED) is 0.622. The number of rotatable bonds is 8. The first-order chi connectivity index (χ1) is 13.0. The van der Waals surface area contributed by atoms with Crippen molar-refractivity contribution in [2.24, 2.45) is 0 Å². The monoisotopic (exact) mass is 363 g/mol. The molecule has 2 aromatic carbocycles. The molecule has 0 radical (unpaired) electrons. The van der Waals surface area contributed by atoms with Gasteiger partial charge in [-0.15, -0.1) is 0 Å². The number of hydrogen-bond donors (Lipinski definition) is 1. The zero-order valence-corrected chi connectivity index (χ0v) is 15.9. The van der Waals surface area contributed by atoms with Crippen LogP contribution in [0.1, 0.15) is 18.3 Å². The van der Waals surface area contributed by atoms with Crippen LogP contribution in [0.25, 0.3) is 11.0 Å². The maximum absolute atomic E-state index is 11.7. The van der Waals surface area contributed by atoms with Crippen LogP contribution in [0, 0.1) is 6.92 Å². The second-order valence-corrected chi connectivity index (χ2v) is 6.62. The average Bonchev–Trinajstić information content (AvgIpc) is 2.99. The van der Waals surface area contributed by atoms with Crippen molar-refractivity contribution in [1.82, 2.24) is 14.9 Å². The molecule has 0 fully saturated rings. The third-order valence-corrected chi connectivity index (χ3v) is 4.33. The molecule has 0 aliphatic carbocycles. The molecular weight excluding hydrogens is 338 g/mol. The van der Waals surface area contributed by atoms with Crippen LogP contribution in [0.4, 0.5) is 0 Å². The fourth-order valence-electron chi connectivity index (χ4n) is 2.96. The number of nitrogens with zero attached hydrogens (tertiary/aromatic N) is 2. The molecule has 0 aliphatic heterocycles. The van der Waals surface area contributed by atoms with Crippen LogP contribution in [-0.2, 0) is 17.8 Å². The van der Waals surface area contributed by atoms with Gasteiger partial charge in [0.1, 0.15) is 18.2 Å². The van der Waals surface area contributed by atoms with Crippen molar-refractivity contribution in [2.75, 3.05) is 13.2 Å². The van der Waals surface area contributed by atoms with E-state index in [1.807, 2.05) is 49.4 Å². The molecule has 1 heterocycles. The number of imidazole rings is 1. The largest absolute Gasteiger partial charge is 0.492 e. The fraction of sp³-hybridized carbons (Fsp3) is 0.273. The Balaban J connectivity index is 1.70. The van der Waals surface area contributed by atoms with Gasteiger partial charge in [-0.3, -0.25) is 4.79 Å². The van der Waals surface area contributed by atoms with E-state index in [1.165, 1.54) is 5.56 Å². The van der Waals surface area contributed by atoms with Gasteiger partial charge in [0.25, 0.3) is 0 Å². The van der Waals surface area contributed by atoms with E-state index < -0.39 is 0 Å². The maximum Gasteiger partial charge on any atom is 0.246 e. The van der Waals surface area contributed by atoms with Crippen molar-refractivity contribution in [3.8, 4) is 5.75 Å². The highest BCUT2D eigenvalue weighted by Crippen LogP contribution is 2.17. The van der Waals surface area contributed by atoms with Gasteiger partial charge in [0.2, 0.25) is 5.91 Å². The number of carbonyl (C=O) groups is 1. The predicted molar refractivity (Wildman–Crippen MR) is 108 cm³/mol. The van der Waals surface area contributed by atoms with Crippen LogP contribution >= 0.6 is 0 Å². The van der Waals surface area contributed by atoms with Crippen molar-refractivity contribution in [1.29, 1.82) is 0 Å². The van der Waals surface area contributed by atoms with Gasteiger partial charge in [-0.25, -0.2) is 4.98 Å². The van der Waals surface area contributed by atoms with E-state index in [-0.39, 0.29) is 5.91 Å². The molecular formula is C22H25N3O2. The molecule has 0 atom stereocenters. The summed E-state index contributed by atoms with van der Waals surface area (Å²) in [5, 5.41) is 2.87. The van der Waals surface area contributed by atoms with Crippen molar-refractivity contribution in [2.45, 2.75) is 26.8 Å². The van der Waals surface area contributed by atoms with Crippen LogP contribution in [-0.4, -0.2) is 28.6 Å². The highest BCUT2D eigenvalue weighted by atomic mass is 16.5. The summed E-state index contributed by atoms with van der Waals surface area (Å²) in [6.07, 6.45) is 0.651. The van der Waals surface area contributed by atoms with E-state index in [0.29, 0.717) is 31.7 Å². The summed E-state index contributed by atoms with van der Waals surface area (Å²) >= 11 is 0. The minimum atomic E-state index is -0.125. The van der Waals surface area contributed by atoms with Crippen LogP contribution in [0.3, 0.4) is 0 Å². The molecule has 0 spiro atoms. The highest BCUT2D eigenvalue weighted by Gasteiger charge is 2.11. The van der Waals surface area contributed by atoms with Crippen molar-refractivity contribution in [3.63, 3.8) is 0 Å². The molecule has 0 unspecified atom stereocenters. The van der Waals surface area contributed by atoms with Crippen molar-refractivity contribution < 1.29 is 9.53 Å². The number of amides is 1. The molecule has 1 amide bonds. The lowest BCUT2D eigenvalue weighted by molar-refractivity contribution is -0.117. The Hall–Kier alpha value is -3.08. The third kappa shape index (κ3) is 4.76. The second kappa shape index (κ2) is 8.54. The summed E-state index contributed by atoms with van der Waals surface area (Å²) in [5.41, 5.74) is 3.71. The number of ether oxygens (including phenoxy) is 1. The van der Waals surface area contributed by atoms with Gasteiger partial charge >= 0.3 is 0 Å². The molecule has 5 heteroatoms. The molecule has 140 valence electrons. The number of carbonyl (C=O) groups excluding carboxylic acids is 1. The lowest BCUT2D eigenvalue weighted by Gasteiger charge is -2.11. The van der Waals surface area contributed by atoms with E-state index in [0.717, 1.165) is 22.6 Å². The van der Waals surface area contributed by atoms with E-state index in [2.05, 4.69) is 22.5 Å². The number of nitrogens with one attached hydrogen (secondary N) is 1. The Morgan fingerprint density at radius 3 is 2.81 bits per heavy atom. The Bertz CT molecular complexity index is 959. The van der Waals surface area contributed by atoms with Gasteiger partial charge in [-0.1, -0.05) is 30.8 Å². The predicted octanol–water partition coefficient (Wildman–Crippen LogP) is 3.66. The van der Waals surface area contributed by atoms with Gasteiger partial charge in [-0.2, -0.15) is 0 Å². The third-order valence-electron chi connectivity index (χ3n) is 4.33. The van der Waals surface area contributed by atoms with Gasteiger partial charge in [0, 0.05) is 18.5 Å². The molecule has 5 nitrogen and oxygen atoms in total. The summed E-state index contributed by atoms with van der Waals surface area (Å²) < 4.78 is 8.07. The minimum absolute atomic E-state index is 0.125. The topological polar surface area (TPSA) is 56.2 Å². The van der Waals surface area contributed by atoms with Gasteiger partial charge < -0.3 is 14.6 Å². The van der Waals surface area contributed by atoms with Crippen LogP contribution in [0.2, 0.25) is 0 Å². The number of benzene rings is 2. The van der Waals surface area contributed by atoms with E-state index >= 15 is 0 Å². The summed E-state index contributed by atoms with van der Waals surface area (Å²) in [6.45, 7) is 9.17. The van der Waals surface area contributed by atoms with Gasteiger partial charge in [0.05, 0.1) is 17.6 Å². The highest BCUT2D eigenvalue weighted by molar-refractivity contribution is 5.92. The van der Waals surface area contributed by atoms with E-state index in [1.54, 1.807) is 6.92 Å². The van der Waals surface area contributed by atoms with E-state index in [4.69, 9.17) is 9.72 Å². The average molecular weight is 363 g/mol. The smallest absolute Gasteiger partial charge is 0.246 e. The van der Waals surface area contributed by atoms with Crippen LogP contribution in [0.5, 0.6) is 5.75 Å². The maximum atomic E-state index is 11.7. The van der Waals surface area contributed by atoms with Gasteiger partial charge in [0.15, 0.2) is 0 Å². The SMILES string of the molecule is C=C(C)C(=O)NCCc1nc2ccccc2n1CCOc1cccc(C)c1. The molecule has 1 N–H and O–H groups in total. The number of aromatic nitrogens is 2. The van der Waals surface area contributed by atoms with Crippen LogP contribution in [0.15, 0.2) is 60.7 Å². The Morgan fingerprint density at radius 1 is 1.22 bits per heavy atom. The minimum Gasteiger partial charge on any atom is -0.492 e. The second-order valence-electron chi connectivity index (χ2n) is 6.62. The lowest BCUT2D eigenvalue weighted by Crippen LogP contribution is -2.27. The molecule has 0 aliphatic rings. The summed E-state index contributed by atoms with van der Waals surface area (Å²) in [7, 11) is 0. The van der Waals surface area contributed by atoms with Crippen molar-refractivity contribution in [3.05, 3.63) is 72.1 Å². The summed E-state index contributed by atoms with van der Waals surface area (Å²) in [4.78, 5) is 16.4. The molecule has 0 bridgehead atoms. The van der Waals surface area contributed by atoms with Gasteiger partial charge in [-0.05, 0) is 43.7 Å². The Kier molecular flexibility index (Phi) is 5.91. The zero-order chi connectivity index (χ0) is 19.2. The standard InChI is InChI=1S/C22H25N3O2/c1-16(2)22(26)23-12-11-21-24-19-9-4-5-10-20(19)25(21)13-14-27-18-8-6-7-17(3)15-18/h4-10,15H,1,11-14H2,2-3H3,(H,23,26).